The molecule has 0 saturated carbocycles. The average molecular weight is 153 g/mol. The van der Waals surface area contributed by atoms with Crippen molar-refractivity contribution in [3.8, 4) is 0 Å². The summed E-state index contributed by atoms with van der Waals surface area (Å²) in [5.74, 6) is 0. The summed E-state index contributed by atoms with van der Waals surface area (Å²) in [6.07, 6.45) is 0. The van der Waals surface area contributed by atoms with Crippen LogP contribution in [0.1, 0.15) is 11.1 Å². The normalized spacial score (nSPS) is 9.90. The van der Waals surface area contributed by atoms with Crippen molar-refractivity contribution in [2.24, 2.45) is 0 Å². The Morgan fingerprint density at radius 2 is 1.80 bits per heavy atom. The van der Waals surface area contributed by atoms with Gasteiger partial charge in [0, 0.05) is 5.69 Å². The first-order valence-electron chi connectivity index (χ1n) is 3.24. The zero-order valence-electron chi connectivity index (χ0n) is 6.31. The quantitative estimate of drug-likeness (QED) is 0.442. The molecule has 0 fully saturated rings. The van der Waals surface area contributed by atoms with Crippen molar-refractivity contribution >= 4 is 20.2 Å². The smallest absolute Gasteiger partial charge is 0.0346 e. The Labute approximate surface area is 63.8 Å². The maximum Gasteiger partial charge on any atom is 0.0346 e. The van der Waals surface area contributed by atoms with Crippen molar-refractivity contribution in [3.63, 3.8) is 0 Å². The van der Waals surface area contributed by atoms with Crippen LogP contribution in [0.3, 0.4) is 0 Å². The largest absolute Gasteiger partial charge is 0.399 e. The molecule has 1 nitrogen and oxygen atoms in total. The van der Waals surface area contributed by atoms with E-state index in [1.54, 1.807) is 0 Å². The van der Waals surface area contributed by atoms with Gasteiger partial charge in [0.1, 0.15) is 0 Å². The maximum absolute atomic E-state index is 5.68. The highest BCUT2D eigenvalue weighted by Gasteiger charge is 1.98. The lowest BCUT2D eigenvalue weighted by atomic mass is 10.1. The molecule has 2 heteroatoms. The summed E-state index contributed by atoms with van der Waals surface area (Å²) in [5, 5.41) is 1.23. The van der Waals surface area contributed by atoms with Gasteiger partial charge in [0.05, 0.1) is 0 Å². The zero-order valence-corrected chi connectivity index (χ0v) is 7.46. The fraction of sp³-hybridized carbons (Fsp3) is 0.250. The van der Waals surface area contributed by atoms with Crippen molar-refractivity contribution in [1.29, 1.82) is 0 Å². The van der Waals surface area contributed by atoms with E-state index in [4.69, 9.17) is 5.73 Å². The SMILES string of the molecule is Cc1c(N)ccc(P)c1C. The predicted octanol–water partition coefficient (Wildman–Crippen LogP) is 1.39. The van der Waals surface area contributed by atoms with Crippen LogP contribution in [0.2, 0.25) is 0 Å². The molecule has 10 heavy (non-hydrogen) atoms. The molecule has 1 unspecified atom stereocenters. The number of nitrogen functional groups attached to an aromatic ring is 1. The van der Waals surface area contributed by atoms with Crippen molar-refractivity contribution in [2.45, 2.75) is 13.8 Å². The van der Waals surface area contributed by atoms with Crippen molar-refractivity contribution in [3.05, 3.63) is 23.3 Å². The van der Waals surface area contributed by atoms with Crippen molar-refractivity contribution in [2.75, 3.05) is 5.73 Å². The molecule has 0 aromatic heterocycles. The van der Waals surface area contributed by atoms with Crippen LogP contribution in [0.15, 0.2) is 12.1 Å². The summed E-state index contributed by atoms with van der Waals surface area (Å²) in [5.41, 5.74) is 9.01. The molecule has 0 aliphatic heterocycles. The fourth-order valence-electron chi connectivity index (χ4n) is 0.863. The molecule has 0 bridgehead atoms. The molecule has 0 heterocycles. The van der Waals surface area contributed by atoms with Gasteiger partial charge in [0.25, 0.3) is 0 Å². The minimum atomic E-state index is 0.878. The minimum absolute atomic E-state index is 0.878. The standard InChI is InChI=1S/C8H12NP/c1-5-6(2)8(10)4-3-7(5)9/h3-4H,9-10H2,1-2H3. The van der Waals surface area contributed by atoms with Crippen LogP contribution in [0.4, 0.5) is 5.69 Å². The molecule has 54 valence electrons. The molecule has 0 aliphatic rings. The molecule has 0 spiro atoms. The summed E-state index contributed by atoms with van der Waals surface area (Å²) in [7, 11) is 2.69. The van der Waals surface area contributed by atoms with Gasteiger partial charge in [-0.1, -0.05) is 6.07 Å². The van der Waals surface area contributed by atoms with Gasteiger partial charge in [-0.15, -0.1) is 9.24 Å². The van der Waals surface area contributed by atoms with Gasteiger partial charge in [-0.05, 0) is 36.3 Å². The molecule has 1 aromatic rings. The summed E-state index contributed by atoms with van der Waals surface area (Å²) >= 11 is 0. The summed E-state index contributed by atoms with van der Waals surface area (Å²) < 4.78 is 0. The van der Waals surface area contributed by atoms with Crippen LogP contribution in [-0.4, -0.2) is 0 Å². The van der Waals surface area contributed by atoms with Crippen molar-refractivity contribution < 1.29 is 0 Å². The number of anilines is 1. The third-order valence-electron chi connectivity index (χ3n) is 1.87. The molecule has 0 amide bonds. The van der Waals surface area contributed by atoms with Gasteiger partial charge in [0.2, 0.25) is 0 Å². The molecule has 0 saturated heterocycles. The summed E-state index contributed by atoms with van der Waals surface area (Å²) in [4.78, 5) is 0. The topological polar surface area (TPSA) is 26.0 Å². The van der Waals surface area contributed by atoms with Crippen LogP contribution in [-0.2, 0) is 0 Å². The van der Waals surface area contributed by atoms with Crippen LogP contribution >= 0.6 is 9.24 Å². The predicted molar refractivity (Wildman–Crippen MR) is 49.7 cm³/mol. The van der Waals surface area contributed by atoms with E-state index in [1.807, 2.05) is 19.1 Å². The lowest BCUT2D eigenvalue weighted by Gasteiger charge is -2.05. The third kappa shape index (κ3) is 1.15. The Balaban J connectivity index is 3.34. The molecule has 1 aromatic carbocycles. The Morgan fingerprint density at radius 3 is 2.30 bits per heavy atom. The Morgan fingerprint density at radius 1 is 1.20 bits per heavy atom. The monoisotopic (exact) mass is 153 g/mol. The Bertz CT molecular complexity index is 229. The average Bonchev–Trinajstić information content (AvgIpc) is 1.93. The highest BCUT2D eigenvalue weighted by Crippen LogP contribution is 2.13. The van der Waals surface area contributed by atoms with E-state index in [0.717, 1.165) is 5.69 Å². The van der Waals surface area contributed by atoms with Gasteiger partial charge in [-0.2, -0.15) is 0 Å². The molecule has 1 rings (SSSR count). The first-order chi connectivity index (χ1) is 4.63. The minimum Gasteiger partial charge on any atom is -0.399 e. The Kier molecular flexibility index (Phi) is 1.96. The molecule has 1 atom stereocenters. The first-order valence-corrected chi connectivity index (χ1v) is 3.82. The van der Waals surface area contributed by atoms with Crippen LogP contribution in [0.25, 0.3) is 0 Å². The van der Waals surface area contributed by atoms with Gasteiger partial charge >= 0.3 is 0 Å². The Hall–Kier alpha value is -0.550. The van der Waals surface area contributed by atoms with Crippen LogP contribution in [0.5, 0.6) is 0 Å². The second-order valence-corrected chi connectivity index (χ2v) is 3.12. The second-order valence-electron chi connectivity index (χ2n) is 2.49. The molecule has 0 radical (unpaired) electrons. The fourth-order valence-corrected chi connectivity index (χ4v) is 1.18. The van der Waals surface area contributed by atoms with Gasteiger partial charge in [-0.3, -0.25) is 0 Å². The molecule has 0 aliphatic carbocycles. The molecule has 2 N–H and O–H groups in total. The zero-order chi connectivity index (χ0) is 7.72. The van der Waals surface area contributed by atoms with E-state index in [2.05, 4.69) is 16.2 Å². The number of hydrogen-bond acceptors (Lipinski definition) is 1. The van der Waals surface area contributed by atoms with Gasteiger partial charge in [-0.25, -0.2) is 0 Å². The highest BCUT2D eigenvalue weighted by molar-refractivity contribution is 7.27. The van der Waals surface area contributed by atoms with E-state index < -0.39 is 0 Å². The van der Waals surface area contributed by atoms with Crippen LogP contribution in [0, 0.1) is 13.8 Å². The third-order valence-corrected chi connectivity index (χ3v) is 2.50. The van der Waals surface area contributed by atoms with Gasteiger partial charge in [0.15, 0.2) is 0 Å². The van der Waals surface area contributed by atoms with Crippen LogP contribution < -0.4 is 11.0 Å². The first kappa shape index (κ1) is 7.56. The van der Waals surface area contributed by atoms with E-state index >= 15 is 0 Å². The number of benzene rings is 1. The van der Waals surface area contributed by atoms with Gasteiger partial charge < -0.3 is 5.73 Å². The van der Waals surface area contributed by atoms with E-state index in [0.29, 0.717) is 0 Å². The van der Waals surface area contributed by atoms with E-state index in [9.17, 15) is 0 Å². The summed E-state index contributed by atoms with van der Waals surface area (Å²) in [6.45, 7) is 4.12. The number of nitrogens with two attached hydrogens (primary N) is 1. The molecular formula is C8H12NP. The highest BCUT2D eigenvalue weighted by atomic mass is 31.0. The number of rotatable bonds is 0. The van der Waals surface area contributed by atoms with E-state index in [1.165, 1.54) is 16.4 Å². The molecular weight excluding hydrogens is 141 g/mol. The second kappa shape index (κ2) is 2.59. The van der Waals surface area contributed by atoms with E-state index in [-0.39, 0.29) is 0 Å². The lowest BCUT2D eigenvalue weighted by Crippen LogP contribution is -2.02. The lowest BCUT2D eigenvalue weighted by molar-refractivity contribution is 1.37. The van der Waals surface area contributed by atoms with Crippen molar-refractivity contribution in [1.82, 2.24) is 0 Å². The summed E-state index contributed by atoms with van der Waals surface area (Å²) in [6, 6.07) is 3.95. The number of hydrogen-bond donors (Lipinski definition) is 1. The maximum atomic E-state index is 5.68.